The molecule has 2 rings (SSSR count). The van der Waals surface area contributed by atoms with E-state index in [-0.39, 0.29) is 24.2 Å². The molecule has 6 heteroatoms. The van der Waals surface area contributed by atoms with Gasteiger partial charge in [-0.15, -0.1) is 0 Å². The molecule has 6 nitrogen and oxygen atoms in total. The van der Waals surface area contributed by atoms with Crippen molar-refractivity contribution in [3.63, 3.8) is 0 Å². The lowest BCUT2D eigenvalue weighted by atomic mass is 10.1. The van der Waals surface area contributed by atoms with Crippen molar-refractivity contribution in [1.82, 2.24) is 10.2 Å². The summed E-state index contributed by atoms with van der Waals surface area (Å²) in [6.45, 7) is 4.51. The van der Waals surface area contributed by atoms with Crippen molar-refractivity contribution in [2.24, 2.45) is 5.92 Å². The standard InChI is InChI=1S/C17H24N2O4/c1-3-23-9-8-18-17(21)14-10-16(20)19(12-14)11-13-4-6-15(22-2)7-5-13/h4-7,14H,3,8-12H2,1-2H3,(H,18,21)/t14-/m0/s1. The number of nitrogens with one attached hydrogen (secondary N) is 1. The minimum absolute atomic E-state index is 0.0192. The third-order valence-corrected chi connectivity index (χ3v) is 3.87. The highest BCUT2D eigenvalue weighted by molar-refractivity contribution is 5.89. The normalized spacial score (nSPS) is 17.4. The molecule has 1 aliphatic rings. The van der Waals surface area contributed by atoms with E-state index in [9.17, 15) is 9.59 Å². The number of hydrogen-bond donors (Lipinski definition) is 1. The van der Waals surface area contributed by atoms with Gasteiger partial charge in [0.1, 0.15) is 5.75 Å². The number of benzene rings is 1. The van der Waals surface area contributed by atoms with Gasteiger partial charge in [0.05, 0.1) is 19.6 Å². The second kappa shape index (κ2) is 8.53. The maximum absolute atomic E-state index is 12.1. The van der Waals surface area contributed by atoms with Crippen molar-refractivity contribution < 1.29 is 19.1 Å². The Kier molecular flexibility index (Phi) is 6.40. The molecular formula is C17H24N2O4. The molecule has 0 saturated carbocycles. The largest absolute Gasteiger partial charge is 0.497 e. The number of likely N-dealkylation sites (tertiary alicyclic amines) is 1. The van der Waals surface area contributed by atoms with Crippen LogP contribution < -0.4 is 10.1 Å². The Balaban J connectivity index is 1.82. The van der Waals surface area contributed by atoms with E-state index in [1.165, 1.54) is 0 Å². The van der Waals surface area contributed by atoms with Crippen LogP contribution in [0.3, 0.4) is 0 Å². The summed E-state index contributed by atoms with van der Waals surface area (Å²) in [5, 5.41) is 2.82. The zero-order chi connectivity index (χ0) is 16.7. The third-order valence-electron chi connectivity index (χ3n) is 3.87. The maximum Gasteiger partial charge on any atom is 0.225 e. The molecule has 0 radical (unpaired) electrons. The Labute approximate surface area is 136 Å². The van der Waals surface area contributed by atoms with Gasteiger partial charge in [-0.1, -0.05) is 12.1 Å². The fourth-order valence-electron chi connectivity index (χ4n) is 2.59. The maximum atomic E-state index is 12.1. The quantitative estimate of drug-likeness (QED) is 0.731. The summed E-state index contributed by atoms with van der Waals surface area (Å²) in [7, 11) is 1.62. The smallest absolute Gasteiger partial charge is 0.225 e. The topological polar surface area (TPSA) is 67.9 Å². The van der Waals surface area contributed by atoms with Crippen molar-refractivity contribution in [3.05, 3.63) is 29.8 Å². The molecule has 0 spiro atoms. The van der Waals surface area contributed by atoms with Gasteiger partial charge in [-0.05, 0) is 24.6 Å². The first-order valence-electron chi connectivity index (χ1n) is 7.90. The van der Waals surface area contributed by atoms with Crippen LogP contribution in [0.15, 0.2) is 24.3 Å². The van der Waals surface area contributed by atoms with Gasteiger partial charge in [-0.3, -0.25) is 9.59 Å². The summed E-state index contributed by atoms with van der Waals surface area (Å²) in [6, 6.07) is 7.60. The SMILES string of the molecule is CCOCCNC(=O)[C@H]1CC(=O)N(Cc2ccc(OC)cc2)C1. The molecule has 2 amide bonds. The van der Waals surface area contributed by atoms with Crippen LogP contribution in [-0.4, -0.2) is 50.1 Å². The van der Waals surface area contributed by atoms with E-state index in [1.807, 2.05) is 31.2 Å². The van der Waals surface area contributed by atoms with Gasteiger partial charge in [-0.25, -0.2) is 0 Å². The Morgan fingerprint density at radius 3 is 2.74 bits per heavy atom. The molecule has 1 N–H and O–H groups in total. The van der Waals surface area contributed by atoms with Crippen molar-refractivity contribution in [3.8, 4) is 5.75 Å². The van der Waals surface area contributed by atoms with Crippen LogP contribution in [0, 0.1) is 5.92 Å². The molecule has 126 valence electrons. The van der Waals surface area contributed by atoms with Crippen LogP contribution in [0.1, 0.15) is 18.9 Å². The van der Waals surface area contributed by atoms with Gasteiger partial charge in [0.2, 0.25) is 11.8 Å². The van der Waals surface area contributed by atoms with Crippen molar-refractivity contribution >= 4 is 11.8 Å². The van der Waals surface area contributed by atoms with E-state index in [1.54, 1.807) is 12.0 Å². The Morgan fingerprint density at radius 1 is 1.35 bits per heavy atom. The van der Waals surface area contributed by atoms with E-state index in [2.05, 4.69) is 5.32 Å². The van der Waals surface area contributed by atoms with Crippen LogP contribution in [0.2, 0.25) is 0 Å². The Bertz CT molecular complexity index is 530. The predicted molar refractivity (Wildman–Crippen MR) is 86.0 cm³/mol. The number of carbonyl (C=O) groups excluding carboxylic acids is 2. The highest BCUT2D eigenvalue weighted by Gasteiger charge is 2.33. The van der Waals surface area contributed by atoms with Gasteiger partial charge in [0.15, 0.2) is 0 Å². The number of amides is 2. The molecule has 0 unspecified atom stereocenters. The molecule has 0 aromatic heterocycles. The zero-order valence-electron chi connectivity index (χ0n) is 13.7. The van der Waals surface area contributed by atoms with Gasteiger partial charge in [0, 0.05) is 32.7 Å². The minimum Gasteiger partial charge on any atom is -0.497 e. The Hall–Kier alpha value is -2.08. The highest BCUT2D eigenvalue weighted by atomic mass is 16.5. The van der Waals surface area contributed by atoms with Crippen molar-refractivity contribution in [1.29, 1.82) is 0 Å². The number of hydrogen-bond acceptors (Lipinski definition) is 4. The second-order valence-electron chi connectivity index (χ2n) is 5.51. The molecule has 23 heavy (non-hydrogen) atoms. The molecule has 1 atom stereocenters. The second-order valence-corrected chi connectivity index (χ2v) is 5.51. The molecule has 1 aromatic rings. The third kappa shape index (κ3) is 4.96. The molecule has 0 aliphatic carbocycles. The summed E-state index contributed by atoms with van der Waals surface area (Å²) in [6.07, 6.45) is 0.274. The summed E-state index contributed by atoms with van der Waals surface area (Å²) in [5.41, 5.74) is 1.02. The first kappa shape index (κ1) is 17.3. The first-order valence-corrected chi connectivity index (χ1v) is 7.90. The van der Waals surface area contributed by atoms with Crippen LogP contribution in [-0.2, 0) is 20.9 Å². The molecular weight excluding hydrogens is 296 g/mol. The van der Waals surface area contributed by atoms with Gasteiger partial charge < -0.3 is 19.7 Å². The van der Waals surface area contributed by atoms with E-state index in [4.69, 9.17) is 9.47 Å². The lowest BCUT2D eigenvalue weighted by Gasteiger charge is -2.17. The Morgan fingerprint density at radius 2 is 2.09 bits per heavy atom. The summed E-state index contributed by atoms with van der Waals surface area (Å²) in [4.78, 5) is 25.9. The zero-order valence-corrected chi connectivity index (χ0v) is 13.7. The van der Waals surface area contributed by atoms with E-state index >= 15 is 0 Å². The molecule has 1 fully saturated rings. The van der Waals surface area contributed by atoms with Gasteiger partial charge >= 0.3 is 0 Å². The molecule has 0 bridgehead atoms. The molecule has 1 aromatic carbocycles. The lowest BCUT2D eigenvalue weighted by molar-refractivity contribution is -0.129. The number of nitrogens with zero attached hydrogens (tertiary/aromatic N) is 1. The fourth-order valence-corrected chi connectivity index (χ4v) is 2.59. The van der Waals surface area contributed by atoms with E-state index < -0.39 is 0 Å². The van der Waals surface area contributed by atoms with Crippen molar-refractivity contribution in [2.75, 3.05) is 33.4 Å². The first-order chi connectivity index (χ1) is 11.1. The monoisotopic (exact) mass is 320 g/mol. The average Bonchev–Trinajstić information content (AvgIpc) is 2.93. The van der Waals surface area contributed by atoms with Crippen molar-refractivity contribution in [2.45, 2.75) is 19.9 Å². The van der Waals surface area contributed by atoms with Crippen LogP contribution in [0.4, 0.5) is 0 Å². The van der Waals surface area contributed by atoms with E-state index in [0.717, 1.165) is 11.3 Å². The van der Waals surface area contributed by atoms with E-state index in [0.29, 0.717) is 32.8 Å². The highest BCUT2D eigenvalue weighted by Crippen LogP contribution is 2.21. The number of rotatable bonds is 8. The summed E-state index contributed by atoms with van der Waals surface area (Å²) in [5.74, 6) is 0.455. The fraction of sp³-hybridized carbons (Fsp3) is 0.529. The number of methoxy groups -OCH3 is 1. The summed E-state index contributed by atoms with van der Waals surface area (Å²) >= 11 is 0. The predicted octanol–water partition coefficient (Wildman–Crippen LogP) is 1.20. The molecule has 1 saturated heterocycles. The number of carbonyl (C=O) groups is 2. The van der Waals surface area contributed by atoms with Gasteiger partial charge in [-0.2, -0.15) is 0 Å². The lowest BCUT2D eigenvalue weighted by Crippen LogP contribution is -2.34. The van der Waals surface area contributed by atoms with Crippen LogP contribution in [0.5, 0.6) is 5.75 Å². The average molecular weight is 320 g/mol. The van der Waals surface area contributed by atoms with Gasteiger partial charge in [0.25, 0.3) is 0 Å². The summed E-state index contributed by atoms with van der Waals surface area (Å²) < 4.78 is 10.3. The van der Waals surface area contributed by atoms with Crippen LogP contribution in [0.25, 0.3) is 0 Å². The van der Waals surface area contributed by atoms with Crippen LogP contribution >= 0.6 is 0 Å². The molecule has 1 aliphatic heterocycles. The molecule has 1 heterocycles. The number of ether oxygens (including phenoxy) is 2. The minimum atomic E-state index is -0.276.